The maximum Gasteiger partial charge on any atom is 0.305 e. The Kier molecular flexibility index (Phi) is 34.7. The molecule has 0 unspecified atom stereocenters. The summed E-state index contributed by atoms with van der Waals surface area (Å²) >= 11 is 0. The number of nitrogens with two attached hydrogens (primary N) is 2. The number of aromatic amines is 4. The van der Waals surface area contributed by atoms with E-state index in [1.165, 1.54) is 62.2 Å². The van der Waals surface area contributed by atoms with Crippen LogP contribution in [0, 0.1) is 5.92 Å². The quantitative estimate of drug-likeness (QED) is 0.00996. The van der Waals surface area contributed by atoms with Crippen molar-refractivity contribution in [3.05, 3.63) is 160 Å². The zero-order valence-corrected chi connectivity index (χ0v) is 78.8. The van der Waals surface area contributed by atoms with Gasteiger partial charge in [0.2, 0.25) is 76.7 Å². The average Bonchev–Trinajstić information content (AvgIpc) is 0.960. The molecule has 15 atom stereocenters. The Morgan fingerprint density at radius 1 is 0.634 bits per heavy atom. The maximum absolute atomic E-state index is 15.5. The molecule has 13 rings (SSSR count). The number of para-hydroxylation sites is 2. The number of ether oxygens (including phenoxy) is 3. The van der Waals surface area contributed by atoms with Gasteiger partial charge in [-0.05, 0) is 107 Å². The number of rotatable bonds is 47. The highest BCUT2D eigenvalue weighted by Crippen LogP contribution is 2.53. The van der Waals surface area contributed by atoms with E-state index in [0.717, 1.165) is 0 Å². The molecule has 4 aromatic carbocycles. The Hall–Kier alpha value is -15.0. The number of hydrogen-bond acceptors (Lipinski definition) is 28. The third kappa shape index (κ3) is 25.8. The highest BCUT2D eigenvalue weighted by molar-refractivity contribution is 6.31. The lowest BCUT2D eigenvalue weighted by Crippen LogP contribution is -2.61. The maximum atomic E-state index is 15.5. The number of carbonyl (C=O) groups excluding carboxylic acids is 15. The minimum absolute atomic E-state index is 0.0194. The fraction of sp³-hybridized carbons (Fsp3) is 0.469. The molecule has 758 valence electrons. The number of aliphatic hydroxyl groups is 2. The van der Waals surface area contributed by atoms with Crippen molar-refractivity contribution in [1.82, 2.24) is 93.3 Å². The number of benzene rings is 4. The molecule has 2 aliphatic carbocycles. The van der Waals surface area contributed by atoms with E-state index in [2.05, 4.69) is 93.5 Å². The van der Waals surface area contributed by atoms with Gasteiger partial charge in [-0.15, -0.1) is 0 Å². The number of phenols is 2. The third-order valence-electron chi connectivity index (χ3n) is 25.8. The number of fused-ring (bicyclic) bond motifs is 5. The second-order valence-corrected chi connectivity index (χ2v) is 36.6. The summed E-state index contributed by atoms with van der Waals surface area (Å²) in [5.41, 5.74) is 10.4. The summed E-state index contributed by atoms with van der Waals surface area (Å²) in [6.07, 6.45) is 1.38. The molecule has 3 saturated heterocycles. The van der Waals surface area contributed by atoms with Crippen LogP contribution in [0.4, 0.5) is 0 Å². The summed E-state index contributed by atoms with van der Waals surface area (Å²) in [6.45, 7) is 5.28. The summed E-state index contributed by atoms with van der Waals surface area (Å²) in [5, 5.41) is 92.8. The number of methoxy groups -OCH3 is 1. The Labute approximate surface area is 812 Å². The number of phenolic OH excluding ortho intramolecular Hbond substituents is 2. The number of aliphatic hydroxyl groups excluding tert-OH is 1. The zero-order chi connectivity index (χ0) is 102. The number of ketones is 2. The smallest absolute Gasteiger partial charge is 0.305 e. The summed E-state index contributed by atoms with van der Waals surface area (Å²) in [5.74, 6) is -15.5. The number of aromatic nitrogens is 6. The van der Waals surface area contributed by atoms with E-state index in [1.807, 2.05) is 13.8 Å². The van der Waals surface area contributed by atoms with Crippen molar-refractivity contribution in [3.8, 4) is 17.2 Å². The lowest BCUT2D eigenvalue weighted by atomic mass is 9.72. The summed E-state index contributed by atoms with van der Waals surface area (Å²) in [4.78, 5) is 253. The molecule has 0 saturated carbocycles. The van der Waals surface area contributed by atoms with E-state index < -0.39 is 235 Å². The molecule has 24 N–H and O–H groups in total. The molecule has 46 nitrogen and oxygen atoms in total. The standard InChI is InChI=1S/C96H119N21O25/c1-47(2)30-74(120)101-27-12-10-21-61(109-89(131)64(31-50-39-103-59-19-8-6-16-54(50)59)111-91(133)66(33-52-41-99-45-106-52)114-88(130)62-25-26-73(119)108-62)87(129)113-67(34-53-42-100-46-107-53)92(134)115-68(36-76(122)123)93(135)112-65(32-51-40-104-60-20-9-7-17-55(51)60)90(132)110-63(95(137)117-29-15-23-69(117)94(136)105-43-72(98)118)22-11-13-28-102-75(121)44-140-116-49(4)96(138)37-57-79(71(38-96)142-77-35-58(97)82(124)48(3)141-77)86(128)81-80(84(57)126)83(125)56-18-14-24-70(139-5)78(56)85(81)127/h6-9,14,16-20,24,39-42,45-48,58,61-69,71,77,82,103-104,124,126,128,138H,10-13,15,21-23,25-38,43-44,97H2,1-5H3,(H2,98,118)(H,99,106)(H,100,107)(H,101,120)(H,102,121)(H,105,136)(H,108,119)(H,109,131)(H,110,132)(H,111,133)(H,112,135)(H,113,129)(H,114,130)(H,115,134)(H,122,123)/b116-49+/t48-,58-,61-,62-,63-,64-,65-,66-,67-,68-,69-,71-,77-,82+,96-/m0/s1. The lowest BCUT2D eigenvalue weighted by Gasteiger charge is -2.42. The van der Waals surface area contributed by atoms with E-state index in [9.17, 15) is 73.5 Å². The first-order valence-electron chi connectivity index (χ1n) is 47.0. The van der Waals surface area contributed by atoms with Crippen LogP contribution in [-0.4, -0.2) is 285 Å². The Bertz CT molecular complexity index is 6050. The number of carboxylic acids is 1. The topological polar surface area (TPSA) is 700 Å². The summed E-state index contributed by atoms with van der Waals surface area (Å²) < 4.78 is 17.8. The first-order chi connectivity index (χ1) is 67.9. The number of aliphatic carboxylic acids is 1. The molecule has 13 amide bonds. The molecule has 46 heteroatoms. The van der Waals surface area contributed by atoms with Crippen LogP contribution in [0.25, 0.3) is 21.8 Å². The number of amides is 13. The average molecular weight is 1970 g/mol. The molecule has 0 bridgehead atoms. The third-order valence-corrected chi connectivity index (χ3v) is 25.8. The highest BCUT2D eigenvalue weighted by Gasteiger charge is 2.51. The van der Waals surface area contributed by atoms with Gasteiger partial charge >= 0.3 is 5.97 Å². The number of oxime groups is 1. The molecule has 4 aromatic heterocycles. The number of carbonyl (C=O) groups is 16. The van der Waals surface area contributed by atoms with Crippen LogP contribution in [0.2, 0.25) is 0 Å². The normalized spacial score (nSPS) is 20.2. The van der Waals surface area contributed by atoms with Crippen molar-refractivity contribution in [2.24, 2.45) is 22.5 Å². The molecular formula is C96H119N21O25. The fourth-order valence-corrected chi connectivity index (χ4v) is 18.4. The number of nitrogens with one attached hydrogen (secondary N) is 15. The number of primary amides is 1. The van der Waals surface area contributed by atoms with Crippen LogP contribution in [0.1, 0.15) is 189 Å². The molecule has 0 radical (unpaired) electrons. The van der Waals surface area contributed by atoms with Crippen LogP contribution < -0.4 is 74.7 Å². The van der Waals surface area contributed by atoms with Crippen molar-refractivity contribution in [3.63, 3.8) is 0 Å². The van der Waals surface area contributed by atoms with Gasteiger partial charge in [0.05, 0.1) is 73.4 Å². The van der Waals surface area contributed by atoms with Crippen molar-refractivity contribution < 1.29 is 121 Å². The molecule has 0 spiro atoms. The van der Waals surface area contributed by atoms with E-state index in [4.69, 9.17) is 30.5 Å². The molecule has 5 aliphatic rings. The largest absolute Gasteiger partial charge is 0.507 e. The summed E-state index contributed by atoms with van der Waals surface area (Å²) in [7, 11) is 1.29. The number of hydrogen-bond donors (Lipinski definition) is 22. The number of aromatic hydroxyl groups is 2. The SMILES string of the molecule is COc1cccc2c1C(=O)c1c(O)c3c(c(O)c1C2=O)C[C@@](O)(/C(C)=N/OCC(=O)NCCCC[C@H](NC(=O)[C@H](Cc1c[nH]c2ccccc12)NC(=O)[C@H](CC(=O)O)NC(=O)[C@H](Cc1cnc[nH]1)NC(=O)[C@H](CCCCNC(=O)CC(C)C)NC(=O)[C@H](Cc1c[nH]c2ccccc12)NC(=O)[C@H](Cc1cnc[nH]1)NC(=O)[C@@H]1CCC(=O)N1)C(=O)N1CCC[C@H]1C(=O)NCC(N)=O)C[C@@H]3O[C@H]1C[C@H](N)[C@H](O)[C@H](C)O1. The van der Waals surface area contributed by atoms with E-state index in [-0.39, 0.29) is 173 Å². The van der Waals surface area contributed by atoms with Gasteiger partial charge in [0.25, 0.3) is 5.91 Å². The van der Waals surface area contributed by atoms with Gasteiger partial charge in [-0.2, -0.15) is 0 Å². The zero-order valence-electron chi connectivity index (χ0n) is 78.8. The Morgan fingerprint density at radius 2 is 1.18 bits per heavy atom. The number of H-pyrrole nitrogens is 4. The van der Waals surface area contributed by atoms with Gasteiger partial charge in [-0.3, -0.25) is 76.7 Å². The minimum Gasteiger partial charge on any atom is -0.507 e. The van der Waals surface area contributed by atoms with Crippen LogP contribution >= 0.6 is 0 Å². The van der Waals surface area contributed by atoms with E-state index >= 15 is 28.8 Å². The van der Waals surface area contributed by atoms with Crippen LogP contribution in [0.5, 0.6) is 17.2 Å². The van der Waals surface area contributed by atoms with Gasteiger partial charge in [0.1, 0.15) is 77.2 Å². The summed E-state index contributed by atoms with van der Waals surface area (Å²) in [6, 6.07) is 3.61. The minimum atomic E-state index is -2.16. The van der Waals surface area contributed by atoms with Crippen LogP contribution in [0.3, 0.4) is 0 Å². The molecule has 7 heterocycles. The molecule has 142 heavy (non-hydrogen) atoms. The van der Waals surface area contributed by atoms with Gasteiger partial charge in [-0.1, -0.05) is 67.5 Å². The van der Waals surface area contributed by atoms with Gasteiger partial charge in [0, 0.05) is 158 Å². The molecular weight excluding hydrogens is 1850 g/mol. The molecule has 8 aromatic rings. The van der Waals surface area contributed by atoms with Gasteiger partial charge in [-0.25, -0.2) is 9.97 Å². The predicted octanol–water partition coefficient (Wildman–Crippen LogP) is -0.430. The van der Waals surface area contributed by atoms with Crippen molar-refractivity contribution >= 4 is 122 Å². The first-order valence-corrected chi connectivity index (χ1v) is 47.0. The number of carboxylic acid groups (broad SMARTS) is 1. The predicted molar refractivity (Wildman–Crippen MR) is 504 cm³/mol. The molecule has 3 fully saturated rings. The van der Waals surface area contributed by atoms with Crippen LogP contribution in [-0.2, 0) is 114 Å². The number of imidazole rings is 2. The van der Waals surface area contributed by atoms with Crippen molar-refractivity contribution in [2.45, 2.75) is 240 Å². The second kappa shape index (κ2) is 47.3. The fourth-order valence-electron chi connectivity index (χ4n) is 18.4. The van der Waals surface area contributed by atoms with E-state index in [1.54, 1.807) is 67.8 Å². The number of nitrogens with zero attached hydrogens (tertiary/aromatic N) is 4. The van der Waals surface area contributed by atoms with Gasteiger partial charge < -0.3 is 139 Å². The molecule has 3 aliphatic heterocycles. The van der Waals surface area contributed by atoms with Gasteiger partial charge in [0.15, 0.2) is 18.7 Å². The Morgan fingerprint density at radius 3 is 1.75 bits per heavy atom. The lowest BCUT2D eigenvalue weighted by molar-refractivity contribution is -0.245. The monoisotopic (exact) mass is 1970 g/mol. The highest BCUT2D eigenvalue weighted by atomic mass is 16.7. The van der Waals surface area contributed by atoms with Crippen LogP contribution in [0.15, 0.2) is 109 Å². The van der Waals surface area contributed by atoms with E-state index in [0.29, 0.717) is 38.6 Å². The second-order valence-electron chi connectivity index (χ2n) is 36.6. The first kappa shape index (κ1) is 104. The number of likely N-dealkylation sites (tertiary alicyclic amines) is 1. The van der Waals surface area contributed by atoms with Crippen molar-refractivity contribution in [1.29, 1.82) is 0 Å². The van der Waals surface area contributed by atoms with Crippen molar-refractivity contribution in [2.75, 3.05) is 39.9 Å². The number of unbranched alkanes of at least 4 members (excludes halogenated alkanes) is 2. The Balaban J connectivity index is 0.721.